The molecule has 0 saturated carbocycles. The van der Waals surface area contributed by atoms with Crippen LogP contribution in [0.1, 0.15) is 26.0 Å². The van der Waals surface area contributed by atoms with Crippen molar-refractivity contribution in [3.63, 3.8) is 0 Å². The molecule has 20 heavy (non-hydrogen) atoms. The van der Waals surface area contributed by atoms with Gasteiger partial charge in [-0.15, -0.1) is 0 Å². The zero-order valence-corrected chi connectivity index (χ0v) is 12.5. The van der Waals surface area contributed by atoms with Crippen LogP contribution < -0.4 is 20.1 Å². The predicted molar refractivity (Wildman–Crippen MR) is 76.9 cm³/mol. The van der Waals surface area contributed by atoms with Crippen LogP contribution in [0, 0.1) is 0 Å². The number of rotatable bonds is 8. The molecule has 1 heterocycles. The van der Waals surface area contributed by atoms with E-state index >= 15 is 0 Å². The number of hydrogen-bond donors (Lipinski definition) is 2. The van der Waals surface area contributed by atoms with E-state index in [9.17, 15) is 4.79 Å². The van der Waals surface area contributed by atoms with Crippen LogP contribution in [0.25, 0.3) is 0 Å². The molecule has 6 nitrogen and oxygen atoms in total. The van der Waals surface area contributed by atoms with Crippen molar-refractivity contribution in [2.24, 2.45) is 0 Å². The molecule has 1 unspecified atom stereocenters. The molecule has 0 aliphatic rings. The summed E-state index contributed by atoms with van der Waals surface area (Å²) in [5, 5.41) is 5.97. The van der Waals surface area contributed by atoms with Gasteiger partial charge in [0.2, 0.25) is 5.91 Å². The van der Waals surface area contributed by atoms with E-state index in [4.69, 9.17) is 9.47 Å². The van der Waals surface area contributed by atoms with Crippen LogP contribution in [-0.2, 0) is 11.3 Å². The lowest BCUT2D eigenvalue weighted by atomic mass is 10.2. The van der Waals surface area contributed by atoms with Crippen LogP contribution in [0.15, 0.2) is 12.3 Å². The molecule has 0 spiro atoms. The maximum Gasteiger partial charge on any atom is 0.236 e. The van der Waals surface area contributed by atoms with Gasteiger partial charge in [0, 0.05) is 25.4 Å². The first-order valence-corrected chi connectivity index (χ1v) is 6.71. The zero-order valence-electron chi connectivity index (χ0n) is 12.5. The Kier molecular flexibility index (Phi) is 6.79. The fourth-order valence-corrected chi connectivity index (χ4v) is 1.72. The molecule has 1 aromatic rings. The lowest BCUT2D eigenvalue weighted by molar-refractivity contribution is -0.122. The van der Waals surface area contributed by atoms with Gasteiger partial charge in [-0.1, -0.05) is 6.92 Å². The quantitative estimate of drug-likeness (QED) is 0.746. The number of carbonyl (C=O) groups is 1. The first kappa shape index (κ1) is 16.2. The third kappa shape index (κ3) is 4.38. The summed E-state index contributed by atoms with van der Waals surface area (Å²) in [5.41, 5.74) is 0.710. The van der Waals surface area contributed by atoms with Crippen molar-refractivity contribution in [2.45, 2.75) is 32.9 Å². The Morgan fingerprint density at radius 1 is 1.40 bits per heavy atom. The molecule has 0 bridgehead atoms. The van der Waals surface area contributed by atoms with Gasteiger partial charge in [0.15, 0.2) is 11.5 Å². The third-order valence-electron chi connectivity index (χ3n) is 2.88. The lowest BCUT2D eigenvalue weighted by Crippen LogP contribution is -2.42. The topological polar surface area (TPSA) is 72.5 Å². The Balaban J connectivity index is 2.63. The standard InChI is InChI=1S/C14H23N3O3/c1-5-7-16-14(18)10(2)17-9-11-13(20-4)12(19-3)6-8-15-11/h6,8,10,17H,5,7,9H2,1-4H3,(H,16,18). The molecule has 112 valence electrons. The van der Waals surface area contributed by atoms with Gasteiger partial charge in [-0.2, -0.15) is 0 Å². The fraction of sp³-hybridized carbons (Fsp3) is 0.571. The molecule has 0 aliphatic carbocycles. The highest BCUT2D eigenvalue weighted by Crippen LogP contribution is 2.28. The van der Waals surface area contributed by atoms with Crippen LogP contribution in [0.3, 0.4) is 0 Å². The van der Waals surface area contributed by atoms with Crippen molar-refractivity contribution < 1.29 is 14.3 Å². The van der Waals surface area contributed by atoms with E-state index in [-0.39, 0.29) is 11.9 Å². The molecule has 0 aliphatic heterocycles. The number of pyridine rings is 1. The molecule has 0 aromatic carbocycles. The maximum atomic E-state index is 11.8. The van der Waals surface area contributed by atoms with Crippen LogP contribution in [0.4, 0.5) is 0 Å². The number of carbonyl (C=O) groups excluding carboxylic acids is 1. The number of amides is 1. The maximum absolute atomic E-state index is 11.8. The van der Waals surface area contributed by atoms with E-state index in [2.05, 4.69) is 15.6 Å². The number of methoxy groups -OCH3 is 2. The first-order chi connectivity index (χ1) is 9.63. The zero-order chi connectivity index (χ0) is 15.0. The molecule has 0 saturated heterocycles. The van der Waals surface area contributed by atoms with Crippen molar-refractivity contribution in [1.29, 1.82) is 0 Å². The third-order valence-corrected chi connectivity index (χ3v) is 2.88. The molecular formula is C14H23N3O3. The second-order valence-electron chi connectivity index (χ2n) is 4.39. The van der Waals surface area contributed by atoms with Crippen LogP contribution in [0.2, 0.25) is 0 Å². The van der Waals surface area contributed by atoms with Gasteiger partial charge < -0.3 is 20.1 Å². The average Bonchev–Trinajstić information content (AvgIpc) is 2.49. The number of ether oxygens (including phenoxy) is 2. The van der Waals surface area contributed by atoms with E-state index in [1.165, 1.54) is 0 Å². The summed E-state index contributed by atoms with van der Waals surface area (Å²) in [4.78, 5) is 16.0. The molecule has 1 amide bonds. The smallest absolute Gasteiger partial charge is 0.236 e. The summed E-state index contributed by atoms with van der Waals surface area (Å²) in [6.45, 7) is 4.95. The van der Waals surface area contributed by atoms with E-state index in [1.807, 2.05) is 13.8 Å². The first-order valence-electron chi connectivity index (χ1n) is 6.71. The number of nitrogens with zero attached hydrogens (tertiary/aromatic N) is 1. The van der Waals surface area contributed by atoms with Crippen molar-refractivity contribution in [3.8, 4) is 11.5 Å². The molecule has 1 atom stereocenters. The van der Waals surface area contributed by atoms with Crippen LogP contribution >= 0.6 is 0 Å². The van der Waals surface area contributed by atoms with Gasteiger partial charge in [0.25, 0.3) is 0 Å². The number of aromatic nitrogens is 1. The molecule has 2 N–H and O–H groups in total. The second-order valence-corrected chi connectivity index (χ2v) is 4.39. The van der Waals surface area contributed by atoms with Crippen molar-refractivity contribution in [3.05, 3.63) is 18.0 Å². The van der Waals surface area contributed by atoms with Gasteiger partial charge in [0.1, 0.15) is 0 Å². The average molecular weight is 281 g/mol. The molecule has 0 fully saturated rings. The van der Waals surface area contributed by atoms with E-state index in [0.717, 1.165) is 6.42 Å². The Hall–Kier alpha value is -1.82. The molecule has 1 rings (SSSR count). The van der Waals surface area contributed by atoms with Gasteiger partial charge >= 0.3 is 0 Å². The largest absolute Gasteiger partial charge is 0.493 e. The summed E-state index contributed by atoms with van der Waals surface area (Å²) in [5.74, 6) is 1.19. The van der Waals surface area contributed by atoms with E-state index in [0.29, 0.717) is 30.3 Å². The SMILES string of the molecule is CCCNC(=O)C(C)NCc1nccc(OC)c1OC. The number of hydrogen-bond acceptors (Lipinski definition) is 5. The minimum Gasteiger partial charge on any atom is -0.493 e. The summed E-state index contributed by atoms with van der Waals surface area (Å²) in [6, 6.07) is 1.44. The van der Waals surface area contributed by atoms with Crippen molar-refractivity contribution in [2.75, 3.05) is 20.8 Å². The number of nitrogens with one attached hydrogen (secondary N) is 2. The minimum absolute atomic E-state index is 0.0197. The van der Waals surface area contributed by atoms with E-state index in [1.54, 1.807) is 26.5 Å². The summed E-state index contributed by atoms with van der Waals surface area (Å²) in [6.07, 6.45) is 2.57. The van der Waals surface area contributed by atoms with Gasteiger partial charge in [0.05, 0.1) is 26.0 Å². The van der Waals surface area contributed by atoms with Gasteiger partial charge in [-0.25, -0.2) is 0 Å². The minimum atomic E-state index is -0.292. The monoisotopic (exact) mass is 281 g/mol. The Morgan fingerprint density at radius 2 is 2.15 bits per heavy atom. The molecule has 0 radical (unpaired) electrons. The predicted octanol–water partition coefficient (Wildman–Crippen LogP) is 1.10. The second kappa shape index (κ2) is 8.37. The lowest BCUT2D eigenvalue weighted by Gasteiger charge is -2.15. The van der Waals surface area contributed by atoms with E-state index < -0.39 is 0 Å². The van der Waals surface area contributed by atoms with Crippen LogP contribution in [0.5, 0.6) is 11.5 Å². The highest BCUT2D eigenvalue weighted by Gasteiger charge is 2.15. The Morgan fingerprint density at radius 3 is 2.75 bits per heavy atom. The van der Waals surface area contributed by atoms with Crippen molar-refractivity contribution >= 4 is 5.91 Å². The highest BCUT2D eigenvalue weighted by atomic mass is 16.5. The molecule has 6 heteroatoms. The van der Waals surface area contributed by atoms with Crippen LogP contribution in [-0.4, -0.2) is 37.7 Å². The van der Waals surface area contributed by atoms with Gasteiger partial charge in [-0.05, 0) is 13.3 Å². The highest BCUT2D eigenvalue weighted by molar-refractivity contribution is 5.81. The molecule has 1 aromatic heterocycles. The fourth-order valence-electron chi connectivity index (χ4n) is 1.72. The Labute approximate surface area is 119 Å². The van der Waals surface area contributed by atoms with Gasteiger partial charge in [-0.3, -0.25) is 9.78 Å². The molecular weight excluding hydrogens is 258 g/mol. The summed E-state index contributed by atoms with van der Waals surface area (Å²) >= 11 is 0. The normalized spacial score (nSPS) is 11.8. The summed E-state index contributed by atoms with van der Waals surface area (Å²) in [7, 11) is 3.15. The van der Waals surface area contributed by atoms with Crippen molar-refractivity contribution in [1.82, 2.24) is 15.6 Å². The Bertz CT molecular complexity index is 438. The summed E-state index contributed by atoms with van der Waals surface area (Å²) < 4.78 is 10.5.